The zero-order chi connectivity index (χ0) is 5.21. The maximum atomic E-state index is 2.43. The molecule has 6 heavy (non-hydrogen) atoms. The first-order valence-corrected chi connectivity index (χ1v) is 11.0. The van der Waals surface area contributed by atoms with E-state index in [2.05, 4.69) is 25.0 Å². The third kappa shape index (κ3) is 4.91. The average molecular weight is 283 g/mol. The third-order valence-electron chi connectivity index (χ3n) is 0.474. The van der Waals surface area contributed by atoms with Gasteiger partial charge in [-0.3, -0.25) is 0 Å². The van der Waals surface area contributed by atoms with Gasteiger partial charge in [0.2, 0.25) is 0 Å². The molecule has 0 aliphatic rings. The van der Waals surface area contributed by atoms with E-state index in [1.54, 1.807) is 0 Å². The molecule has 0 aromatic heterocycles. The van der Waals surface area contributed by atoms with Gasteiger partial charge in [0.05, 0.1) is 0 Å². The molecule has 0 saturated carbocycles. The summed E-state index contributed by atoms with van der Waals surface area (Å²) in [5.41, 5.74) is 0. The van der Waals surface area contributed by atoms with Crippen LogP contribution in [0.4, 0.5) is 0 Å². The molecule has 0 aromatic carbocycles. The van der Waals surface area contributed by atoms with Crippen molar-refractivity contribution in [1.29, 1.82) is 0 Å². The Kier molecular flexibility index (Phi) is 2.62. The van der Waals surface area contributed by atoms with Gasteiger partial charge in [0, 0.05) is 0 Å². The topological polar surface area (TPSA) is 0 Å². The summed E-state index contributed by atoms with van der Waals surface area (Å²) >= 11 is 0.595. The van der Waals surface area contributed by atoms with Gasteiger partial charge in [-0.15, -0.1) is 0 Å². The van der Waals surface area contributed by atoms with E-state index in [4.69, 9.17) is 0 Å². The number of rotatable bonds is 1. The van der Waals surface area contributed by atoms with E-state index in [0.29, 0.717) is 17.8 Å². The van der Waals surface area contributed by atoms with Crippen molar-refractivity contribution in [2.24, 2.45) is 0 Å². The molecule has 0 spiro atoms. The van der Waals surface area contributed by atoms with Crippen molar-refractivity contribution in [3.63, 3.8) is 0 Å². The van der Waals surface area contributed by atoms with Gasteiger partial charge in [0.25, 0.3) is 0 Å². The fraction of sp³-hybridized carbons (Fsp3) is 1.00. The van der Waals surface area contributed by atoms with Crippen LogP contribution in [-0.4, -0.2) is 6.05 Å². The van der Waals surface area contributed by atoms with Gasteiger partial charge in [-0.1, -0.05) is 0 Å². The van der Waals surface area contributed by atoms with Crippen LogP contribution >= 0.6 is 0 Å². The summed E-state index contributed by atoms with van der Waals surface area (Å²) in [6.45, 7) is 7.29. The molecule has 0 nitrogen and oxygen atoms in total. The molecule has 0 saturated heterocycles. The monoisotopic (exact) mass is 283 g/mol. The first-order valence-electron chi connectivity index (χ1n) is 1.97. The fourth-order valence-electron chi connectivity index (χ4n) is 0. The van der Waals surface area contributed by atoms with E-state index in [0.717, 1.165) is 0 Å². The van der Waals surface area contributed by atoms with E-state index in [-0.39, 0.29) is 0 Å². The zero-order valence-electron chi connectivity index (χ0n) is 4.82. The first-order chi connectivity index (χ1) is 2.56. The van der Waals surface area contributed by atoms with Crippen LogP contribution < -0.4 is 0 Å². The Bertz CT molecular complexity index is 37.3. The molecule has 0 rings (SSSR count). The van der Waals surface area contributed by atoms with Crippen molar-refractivity contribution in [3.8, 4) is 0 Å². The van der Waals surface area contributed by atoms with Crippen molar-refractivity contribution in [2.75, 3.05) is 0 Å². The summed E-state index contributed by atoms with van der Waals surface area (Å²) in [7, 11) is 0. The van der Waals surface area contributed by atoms with Gasteiger partial charge < -0.3 is 0 Å². The quantitative estimate of drug-likeness (QED) is 0.645. The minimum atomic E-state index is -0.520. The van der Waals surface area contributed by atoms with Crippen molar-refractivity contribution < 1.29 is 17.8 Å². The second kappa shape index (κ2) is 2.27. The molecule has 0 heterocycles. The molecular weight excluding hydrogens is 271 g/mol. The van der Waals surface area contributed by atoms with E-state index >= 15 is 0 Å². The summed E-state index contributed by atoms with van der Waals surface area (Å²) in [4.78, 5) is 0. The number of hydrogen-bond donors (Lipinski definition) is 0. The Morgan fingerprint density at radius 3 is 1.33 bits per heavy atom. The van der Waals surface area contributed by atoms with Gasteiger partial charge >= 0.3 is 48.8 Å². The van der Waals surface area contributed by atoms with Crippen LogP contribution in [0.1, 0.15) is 0 Å². The molecule has 0 atom stereocenters. The van der Waals surface area contributed by atoms with Crippen LogP contribution in [0.2, 0.25) is 25.0 Å². The Hall–Kier alpha value is 0.905. The Labute approximate surface area is 49.1 Å². The molecule has 0 aromatic rings. The van der Waals surface area contributed by atoms with Crippen LogP contribution in [0, 0.1) is 0 Å². The molecule has 0 aliphatic heterocycles. The predicted octanol–water partition coefficient (Wildman–Crippen LogP) is 1.95. The van der Waals surface area contributed by atoms with E-state index < -0.39 is 6.05 Å². The molecular formula is C4H12PtSi. The van der Waals surface area contributed by atoms with Gasteiger partial charge in [0.15, 0.2) is 0 Å². The fourth-order valence-corrected chi connectivity index (χ4v) is 0. The van der Waals surface area contributed by atoms with Crippen LogP contribution in [0.3, 0.4) is 0 Å². The molecule has 2 heteroatoms. The van der Waals surface area contributed by atoms with Crippen molar-refractivity contribution in [2.45, 2.75) is 25.0 Å². The van der Waals surface area contributed by atoms with Crippen LogP contribution in [-0.2, 0) is 17.8 Å². The van der Waals surface area contributed by atoms with Crippen LogP contribution in [0.5, 0.6) is 0 Å². The normalized spacial score (nSPS) is 12.7. The SMILES string of the molecule is [CH3][Pt][Si](C)(C)C. The molecule has 42 valence electrons. The Morgan fingerprint density at radius 1 is 1.17 bits per heavy atom. The second-order valence-electron chi connectivity index (χ2n) is 2.13. The molecule has 0 bridgehead atoms. The summed E-state index contributed by atoms with van der Waals surface area (Å²) < 4.78 is 0. The van der Waals surface area contributed by atoms with Crippen molar-refractivity contribution in [3.05, 3.63) is 0 Å². The maximum absolute atomic E-state index is 2.43. The molecule has 0 radical (unpaired) electrons. The van der Waals surface area contributed by atoms with Crippen molar-refractivity contribution in [1.82, 2.24) is 0 Å². The number of hydrogen-bond acceptors (Lipinski definition) is 0. The van der Waals surface area contributed by atoms with Gasteiger partial charge in [-0.05, 0) is 0 Å². The standard InChI is InChI=1S/C3H9Si.CH3.Pt/c1-4(2)3;;/h1-3H3;1H3;. The van der Waals surface area contributed by atoms with Crippen LogP contribution in [0.25, 0.3) is 0 Å². The first kappa shape index (κ1) is 6.91. The van der Waals surface area contributed by atoms with Gasteiger partial charge in [-0.25, -0.2) is 0 Å². The summed E-state index contributed by atoms with van der Waals surface area (Å²) in [6, 6.07) is -0.520. The minimum absolute atomic E-state index is 0.520. The molecule has 0 N–H and O–H groups in total. The van der Waals surface area contributed by atoms with Crippen LogP contribution in [0.15, 0.2) is 0 Å². The summed E-state index contributed by atoms with van der Waals surface area (Å²) in [5.74, 6) is 0. The third-order valence-corrected chi connectivity index (χ3v) is 11.6. The molecule has 0 fully saturated rings. The average Bonchev–Trinajstić information content (AvgIpc) is 1.35. The molecule has 0 amide bonds. The summed E-state index contributed by atoms with van der Waals surface area (Å²) in [6.07, 6.45) is 0. The van der Waals surface area contributed by atoms with Gasteiger partial charge in [0.1, 0.15) is 0 Å². The van der Waals surface area contributed by atoms with E-state index in [9.17, 15) is 0 Å². The predicted molar refractivity (Wildman–Crippen MR) is 29.2 cm³/mol. The molecule has 0 aliphatic carbocycles. The van der Waals surface area contributed by atoms with Gasteiger partial charge in [-0.2, -0.15) is 0 Å². The zero-order valence-corrected chi connectivity index (χ0v) is 8.09. The van der Waals surface area contributed by atoms with Crippen molar-refractivity contribution >= 4 is 6.05 Å². The Balaban J connectivity index is 3.17. The van der Waals surface area contributed by atoms with E-state index in [1.165, 1.54) is 0 Å². The summed E-state index contributed by atoms with van der Waals surface area (Å²) in [5, 5.41) is 2.38. The molecule has 0 unspecified atom stereocenters. The Morgan fingerprint density at radius 2 is 1.33 bits per heavy atom. The van der Waals surface area contributed by atoms with E-state index in [1.807, 2.05) is 0 Å². The second-order valence-corrected chi connectivity index (χ2v) is 20.0.